The van der Waals surface area contributed by atoms with Gasteiger partial charge in [0, 0.05) is 51.9 Å². The first-order chi connectivity index (χ1) is 12.9. The van der Waals surface area contributed by atoms with E-state index in [2.05, 4.69) is 60.2 Å². The van der Waals surface area contributed by atoms with Gasteiger partial charge in [0.2, 0.25) is 11.8 Å². The van der Waals surface area contributed by atoms with E-state index in [4.69, 9.17) is 0 Å². The number of benzene rings is 1. The summed E-state index contributed by atoms with van der Waals surface area (Å²) in [4.78, 5) is 31.5. The Balaban J connectivity index is 1.51. The van der Waals surface area contributed by atoms with Gasteiger partial charge in [-0.25, -0.2) is 0 Å². The van der Waals surface area contributed by atoms with Crippen molar-refractivity contribution in [2.45, 2.75) is 45.8 Å². The topological polar surface area (TPSA) is 55.9 Å². The van der Waals surface area contributed by atoms with Crippen LogP contribution < -0.4 is 5.32 Å². The Morgan fingerprint density at radius 2 is 1.93 bits per heavy atom. The Bertz CT molecular complexity index is 668. The summed E-state index contributed by atoms with van der Waals surface area (Å²) in [6, 6.07) is 8.52. The van der Waals surface area contributed by atoms with Gasteiger partial charge >= 0.3 is 0 Å². The number of amides is 2. The van der Waals surface area contributed by atoms with Crippen LogP contribution in [0.5, 0.6) is 0 Å². The number of aryl methyl sites for hydroxylation is 1. The number of nitrogens with one attached hydrogen (secondary N) is 1. The van der Waals surface area contributed by atoms with E-state index in [9.17, 15) is 9.59 Å². The maximum absolute atomic E-state index is 12.8. The molecule has 2 fully saturated rings. The SMILES string of the molecule is Cc1cccc(CN2CCN(C(=O)C[C@H]3C(=O)NCCN3C(C)C)CC2)c1. The second-order valence-corrected chi connectivity index (χ2v) is 7.99. The molecule has 3 rings (SSSR count). The zero-order valence-corrected chi connectivity index (χ0v) is 16.8. The molecule has 0 unspecified atom stereocenters. The van der Waals surface area contributed by atoms with Crippen molar-refractivity contribution in [3.8, 4) is 0 Å². The summed E-state index contributed by atoms with van der Waals surface area (Å²) in [7, 11) is 0. The molecule has 2 saturated heterocycles. The van der Waals surface area contributed by atoms with E-state index in [-0.39, 0.29) is 30.3 Å². The van der Waals surface area contributed by atoms with Crippen molar-refractivity contribution in [3.63, 3.8) is 0 Å². The molecule has 0 radical (unpaired) electrons. The largest absolute Gasteiger partial charge is 0.353 e. The number of nitrogens with zero attached hydrogens (tertiary/aromatic N) is 3. The minimum Gasteiger partial charge on any atom is -0.353 e. The van der Waals surface area contributed by atoms with Gasteiger partial charge in [0.1, 0.15) is 0 Å². The van der Waals surface area contributed by atoms with Crippen LogP contribution in [0.3, 0.4) is 0 Å². The predicted octanol–water partition coefficient (Wildman–Crippen LogP) is 1.24. The molecule has 2 heterocycles. The van der Waals surface area contributed by atoms with Gasteiger partial charge in [0.25, 0.3) is 0 Å². The quantitative estimate of drug-likeness (QED) is 0.845. The standard InChI is InChI=1S/C21H32N4O2/c1-16(2)25-8-7-22-21(27)19(25)14-20(26)24-11-9-23(10-12-24)15-18-6-4-5-17(3)13-18/h4-6,13,16,19H,7-12,14-15H2,1-3H3,(H,22,27)/t19-/m0/s1. The molecule has 0 aromatic heterocycles. The van der Waals surface area contributed by atoms with Gasteiger partial charge in [-0.3, -0.25) is 19.4 Å². The molecule has 6 nitrogen and oxygen atoms in total. The molecule has 2 aliphatic heterocycles. The predicted molar refractivity (Wildman–Crippen MR) is 106 cm³/mol. The molecule has 2 amide bonds. The maximum Gasteiger partial charge on any atom is 0.237 e. The Kier molecular flexibility index (Phi) is 6.50. The van der Waals surface area contributed by atoms with E-state index in [1.165, 1.54) is 11.1 Å². The van der Waals surface area contributed by atoms with Crippen molar-refractivity contribution in [2.75, 3.05) is 39.3 Å². The normalized spacial score (nSPS) is 22.1. The lowest BCUT2D eigenvalue weighted by atomic mass is 10.1. The van der Waals surface area contributed by atoms with Crippen LogP contribution >= 0.6 is 0 Å². The van der Waals surface area contributed by atoms with Crippen LogP contribution in [-0.4, -0.2) is 77.9 Å². The first-order valence-electron chi connectivity index (χ1n) is 10.0. The lowest BCUT2D eigenvalue weighted by Gasteiger charge is -2.39. The molecule has 148 valence electrons. The van der Waals surface area contributed by atoms with Crippen LogP contribution in [0.1, 0.15) is 31.4 Å². The average molecular weight is 373 g/mol. The lowest BCUT2D eigenvalue weighted by molar-refractivity contribution is -0.140. The number of carbonyl (C=O) groups excluding carboxylic acids is 2. The van der Waals surface area contributed by atoms with E-state index >= 15 is 0 Å². The van der Waals surface area contributed by atoms with E-state index in [1.807, 2.05) is 4.90 Å². The Labute approximate surface area is 162 Å². The number of hydrogen-bond donors (Lipinski definition) is 1. The van der Waals surface area contributed by atoms with Gasteiger partial charge < -0.3 is 10.2 Å². The summed E-state index contributed by atoms with van der Waals surface area (Å²) in [5, 5.41) is 2.90. The van der Waals surface area contributed by atoms with Gasteiger partial charge in [-0.05, 0) is 26.3 Å². The van der Waals surface area contributed by atoms with Crippen LogP contribution in [-0.2, 0) is 16.1 Å². The summed E-state index contributed by atoms with van der Waals surface area (Å²) >= 11 is 0. The van der Waals surface area contributed by atoms with Gasteiger partial charge in [-0.1, -0.05) is 29.8 Å². The third kappa shape index (κ3) is 5.08. The minimum atomic E-state index is -0.337. The second-order valence-electron chi connectivity index (χ2n) is 7.99. The van der Waals surface area contributed by atoms with Gasteiger partial charge in [0.05, 0.1) is 12.5 Å². The molecule has 1 aromatic carbocycles. The highest BCUT2D eigenvalue weighted by Crippen LogP contribution is 2.16. The van der Waals surface area contributed by atoms with Crippen molar-refractivity contribution >= 4 is 11.8 Å². The Hall–Kier alpha value is -1.92. The molecule has 1 atom stereocenters. The fraction of sp³-hybridized carbons (Fsp3) is 0.619. The smallest absolute Gasteiger partial charge is 0.237 e. The highest BCUT2D eigenvalue weighted by atomic mass is 16.2. The van der Waals surface area contributed by atoms with E-state index < -0.39 is 0 Å². The monoisotopic (exact) mass is 372 g/mol. The first kappa shape index (κ1) is 19.8. The molecule has 1 N–H and O–H groups in total. The van der Waals surface area contributed by atoms with Gasteiger partial charge in [-0.2, -0.15) is 0 Å². The number of rotatable bonds is 5. The molecule has 2 aliphatic rings. The summed E-state index contributed by atoms with van der Waals surface area (Å²) in [6.45, 7) is 11.9. The summed E-state index contributed by atoms with van der Waals surface area (Å²) in [5.41, 5.74) is 2.60. The third-order valence-corrected chi connectivity index (χ3v) is 5.62. The Morgan fingerprint density at radius 1 is 1.19 bits per heavy atom. The van der Waals surface area contributed by atoms with Crippen LogP contribution in [0.25, 0.3) is 0 Å². The van der Waals surface area contributed by atoms with E-state index in [0.29, 0.717) is 6.54 Å². The number of hydrogen-bond acceptors (Lipinski definition) is 4. The van der Waals surface area contributed by atoms with Crippen molar-refractivity contribution in [3.05, 3.63) is 35.4 Å². The zero-order valence-electron chi connectivity index (χ0n) is 16.8. The highest BCUT2D eigenvalue weighted by Gasteiger charge is 2.34. The summed E-state index contributed by atoms with van der Waals surface area (Å²) in [5.74, 6) is 0.0827. The number of piperazine rings is 2. The molecule has 0 bridgehead atoms. The van der Waals surface area contributed by atoms with Crippen molar-refractivity contribution in [2.24, 2.45) is 0 Å². The van der Waals surface area contributed by atoms with Crippen LogP contribution in [0.4, 0.5) is 0 Å². The van der Waals surface area contributed by atoms with Gasteiger partial charge in [-0.15, -0.1) is 0 Å². The fourth-order valence-electron chi connectivity index (χ4n) is 4.08. The molecule has 27 heavy (non-hydrogen) atoms. The van der Waals surface area contributed by atoms with Crippen molar-refractivity contribution in [1.82, 2.24) is 20.0 Å². The third-order valence-electron chi connectivity index (χ3n) is 5.62. The average Bonchev–Trinajstić information content (AvgIpc) is 2.63. The molecule has 6 heteroatoms. The summed E-state index contributed by atoms with van der Waals surface area (Å²) < 4.78 is 0. The zero-order chi connectivity index (χ0) is 19.4. The van der Waals surface area contributed by atoms with Crippen molar-refractivity contribution < 1.29 is 9.59 Å². The maximum atomic E-state index is 12.8. The van der Waals surface area contributed by atoms with Crippen molar-refractivity contribution in [1.29, 1.82) is 0 Å². The van der Waals surface area contributed by atoms with Crippen LogP contribution in [0.2, 0.25) is 0 Å². The molecular weight excluding hydrogens is 340 g/mol. The van der Waals surface area contributed by atoms with E-state index in [0.717, 1.165) is 39.3 Å². The lowest BCUT2D eigenvalue weighted by Crippen LogP contribution is -2.59. The molecule has 0 saturated carbocycles. The molecule has 1 aromatic rings. The van der Waals surface area contributed by atoms with E-state index in [1.54, 1.807) is 0 Å². The molecular formula is C21H32N4O2. The van der Waals surface area contributed by atoms with Crippen LogP contribution in [0.15, 0.2) is 24.3 Å². The Morgan fingerprint density at radius 3 is 2.59 bits per heavy atom. The summed E-state index contributed by atoms with van der Waals surface area (Å²) in [6.07, 6.45) is 0.280. The molecule has 0 aliphatic carbocycles. The first-order valence-corrected chi connectivity index (χ1v) is 10.0. The van der Waals surface area contributed by atoms with Gasteiger partial charge in [0.15, 0.2) is 0 Å². The van der Waals surface area contributed by atoms with Crippen LogP contribution in [0, 0.1) is 6.92 Å². The number of carbonyl (C=O) groups is 2. The second kappa shape index (κ2) is 8.85. The fourth-order valence-corrected chi connectivity index (χ4v) is 4.08. The minimum absolute atomic E-state index is 0.0126. The molecule has 0 spiro atoms. The highest BCUT2D eigenvalue weighted by molar-refractivity contribution is 5.89.